The van der Waals surface area contributed by atoms with Crippen LogP contribution in [0.1, 0.15) is 30.4 Å². The third kappa shape index (κ3) is 3.48. The Kier molecular flexibility index (Phi) is 4.82. The number of benzene rings is 1. The molecule has 104 valence electrons. The van der Waals surface area contributed by atoms with Gasteiger partial charge in [0.1, 0.15) is 5.75 Å². The summed E-state index contributed by atoms with van der Waals surface area (Å²) in [5, 5.41) is 2.88. The largest absolute Gasteiger partial charge is 0.480 e. The smallest absolute Gasteiger partial charge is 0.261 e. The summed E-state index contributed by atoms with van der Waals surface area (Å²) in [6, 6.07) is 3.92. The number of nitrogens with one attached hydrogen (secondary N) is 1. The fourth-order valence-electron chi connectivity index (χ4n) is 2.29. The summed E-state index contributed by atoms with van der Waals surface area (Å²) in [7, 11) is 0. The van der Waals surface area contributed by atoms with E-state index in [0.29, 0.717) is 6.54 Å². The molecule has 0 aromatic heterocycles. The zero-order valence-electron chi connectivity index (χ0n) is 11.0. The number of nitrogens with two attached hydrogens (primary N) is 1. The van der Waals surface area contributed by atoms with E-state index in [0.717, 1.165) is 47.2 Å². The summed E-state index contributed by atoms with van der Waals surface area (Å²) in [4.78, 5) is 11.9. The first-order valence-corrected chi connectivity index (χ1v) is 7.34. The highest BCUT2D eigenvalue weighted by Crippen LogP contribution is 2.29. The Hall–Kier alpha value is -1.07. The van der Waals surface area contributed by atoms with Crippen LogP contribution in [-0.2, 0) is 11.3 Å². The van der Waals surface area contributed by atoms with Crippen molar-refractivity contribution in [1.29, 1.82) is 0 Å². The molecule has 0 radical (unpaired) electrons. The number of amides is 1. The molecule has 1 amide bonds. The van der Waals surface area contributed by atoms with Gasteiger partial charge >= 0.3 is 0 Å². The molecule has 1 aliphatic heterocycles. The van der Waals surface area contributed by atoms with Gasteiger partial charge in [-0.15, -0.1) is 0 Å². The van der Waals surface area contributed by atoms with Crippen LogP contribution in [0.25, 0.3) is 0 Å². The molecule has 4 nitrogen and oxygen atoms in total. The van der Waals surface area contributed by atoms with E-state index in [1.807, 2.05) is 19.1 Å². The van der Waals surface area contributed by atoms with Gasteiger partial charge in [-0.3, -0.25) is 4.79 Å². The predicted octanol–water partition coefficient (Wildman–Crippen LogP) is 2.26. The summed E-state index contributed by atoms with van der Waals surface area (Å²) in [6.07, 6.45) is 2.35. The van der Waals surface area contributed by atoms with Crippen molar-refractivity contribution in [3.05, 3.63) is 27.7 Å². The van der Waals surface area contributed by atoms with Gasteiger partial charge in [0.2, 0.25) is 0 Å². The highest BCUT2D eigenvalue weighted by atomic mass is 79.9. The quantitative estimate of drug-likeness (QED) is 0.895. The van der Waals surface area contributed by atoms with Crippen molar-refractivity contribution < 1.29 is 9.53 Å². The van der Waals surface area contributed by atoms with Crippen LogP contribution in [0.3, 0.4) is 0 Å². The van der Waals surface area contributed by atoms with Gasteiger partial charge in [0.05, 0.1) is 0 Å². The van der Waals surface area contributed by atoms with E-state index in [4.69, 9.17) is 10.5 Å². The van der Waals surface area contributed by atoms with Crippen molar-refractivity contribution in [2.45, 2.75) is 38.8 Å². The van der Waals surface area contributed by atoms with Crippen molar-refractivity contribution in [2.24, 2.45) is 5.73 Å². The minimum atomic E-state index is -0.410. The number of rotatable bonds is 3. The first-order chi connectivity index (χ1) is 9.11. The average molecular weight is 327 g/mol. The van der Waals surface area contributed by atoms with E-state index in [9.17, 15) is 4.79 Å². The minimum absolute atomic E-state index is 0.0252. The van der Waals surface area contributed by atoms with Gasteiger partial charge in [0.15, 0.2) is 6.10 Å². The van der Waals surface area contributed by atoms with Gasteiger partial charge in [-0.2, -0.15) is 0 Å². The van der Waals surface area contributed by atoms with Crippen LogP contribution >= 0.6 is 15.9 Å². The normalized spacial score (nSPS) is 19.7. The number of hydrogen-bond acceptors (Lipinski definition) is 3. The van der Waals surface area contributed by atoms with Crippen molar-refractivity contribution in [3.63, 3.8) is 0 Å². The molecule has 0 saturated carbocycles. The van der Waals surface area contributed by atoms with Crippen LogP contribution in [0.4, 0.5) is 0 Å². The number of halogens is 1. The Labute approximate surface area is 121 Å². The minimum Gasteiger partial charge on any atom is -0.480 e. The monoisotopic (exact) mass is 326 g/mol. The van der Waals surface area contributed by atoms with E-state index < -0.39 is 6.10 Å². The summed E-state index contributed by atoms with van der Waals surface area (Å²) in [6.45, 7) is 3.10. The molecule has 1 fully saturated rings. The highest BCUT2D eigenvalue weighted by molar-refractivity contribution is 9.10. The van der Waals surface area contributed by atoms with Gasteiger partial charge in [-0.25, -0.2) is 0 Å². The standard InChI is InChI=1S/C14H19BrN2O2/c1-9-6-11(15)7-10(8-16)13(9)19-12-4-2-3-5-17-14(12)18/h6-7,12H,2-5,8,16H2,1H3,(H,17,18). The van der Waals surface area contributed by atoms with Crippen LogP contribution in [-0.4, -0.2) is 18.6 Å². The lowest BCUT2D eigenvalue weighted by atomic mass is 10.1. The van der Waals surface area contributed by atoms with E-state index in [-0.39, 0.29) is 5.91 Å². The molecule has 1 heterocycles. The van der Waals surface area contributed by atoms with Crippen LogP contribution in [0.2, 0.25) is 0 Å². The third-order valence-electron chi connectivity index (χ3n) is 3.28. The van der Waals surface area contributed by atoms with Crippen molar-refractivity contribution >= 4 is 21.8 Å². The first-order valence-electron chi connectivity index (χ1n) is 6.55. The van der Waals surface area contributed by atoms with Gasteiger partial charge in [0, 0.05) is 23.1 Å². The third-order valence-corrected chi connectivity index (χ3v) is 3.74. The number of aryl methyl sites for hydroxylation is 1. The van der Waals surface area contributed by atoms with Crippen molar-refractivity contribution in [1.82, 2.24) is 5.32 Å². The lowest BCUT2D eigenvalue weighted by molar-refractivity contribution is -0.127. The first kappa shape index (κ1) is 14.3. The van der Waals surface area contributed by atoms with Crippen LogP contribution in [0, 0.1) is 6.92 Å². The topological polar surface area (TPSA) is 64.3 Å². The van der Waals surface area contributed by atoms with Crippen LogP contribution in [0.15, 0.2) is 16.6 Å². The molecule has 3 N–H and O–H groups in total. The fourth-order valence-corrected chi connectivity index (χ4v) is 2.91. The molecule has 1 aromatic carbocycles. The predicted molar refractivity (Wildman–Crippen MR) is 78.0 cm³/mol. The number of ether oxygens (including phenoxy) is 1. The summed E-state index contributed by atoms with van der Waals surface area (Å²) in [5.41, 5.74) is 7.67. The Morgan fingerprint density at radius 1 is 1.47 bits per heavy atom. The SMILES string of the molecule is Cc1cc(Br)cc(CN)c1OC1CCCCNC1=O. The molecule has 0 bridgehead atoms. The van der Waals surface area contributed by atoms with E-state index in [1.165, 1.54) is 0 Å². The molecule has 5 heteroatoms. The van der Waals surface area contributed by atoms with E-state index in [2.05, 4.69) is 21.2 Å². The second kappa shape index (κ2) is 6.39. The maximum atomic E-state index is 11.9. The molecule has 0 aliphatic carbocycles. The zero-order valence-corrected chi connectivity index (χ0v) is 12.6. The lowest BCUT2D eigenvalue weighted by Gasteiger charge is -2.20. The Balaban J connectivity index is 2.24. The summed E-state index contributed by atoms with van der Waals surface area (Å²) >= 11 is 3.45. The summed E-state index contributed by atoms with van der Waals surface area (Å²) < 4.78 is 6.92. The van der Waals surface area contributed by atoms with Gasteiger partial charge < -0.3 is 15.8 Å². The molecule has 1 aliphatic rings. The second-order valence-electron chi connectivity index (χ2n) is 4.81. The van der Waals surface area contributed by atoms with Gasteiger partial charge in [0.25, 0.3) is 5.91 Å². The Morgan fingerprint density at radius 2 is 2.26 bits per heavy atom. The maximum Gasteiger partial charge on any atom is 0.261 e. The highest BCUT2D eigenvalue weighted by Gasteiger charge is 2.24. The van der Waals surface area contributed by atoms with Crippen LogP contribution < -0.4 is 15.8 Å². The lowest BCUT2D eigenvalue weighted by Crippen LogP contribution is -2.36. The Morgan fingerprint density at radius 3 is 3.00 bits per heavy atom. The Bertz CT molecular complexity index is 477. The fraction of sp³-hybridized carbons (Fsp3) is 0.500. The average Bonchev–Trinajstić information content (AvgIpc) is 2.57. The number of carbonyl (C=O) groups excluding carboxylic acids is 1. The molecule has 0 spiro atoms. The molecule has 1 saturated heterocycles. The summed E-state index contributed by atoms with van der Waals surface area (Å²) in [5.74, 6) is 0.718. The molecule has 1 aromatic rings. The van der Waals surface area contributed by atoms with E-state index in [1.54, 1.807) is 0 Å². The van der Waals surface area contributed by atoms with Gasteiger partial charge in [-0.05, 0) is 43.9 Å². The molecular formula is C14H19BrN2O2. The second-order valence-corrected chi connectivity index (χ2v) is 5.72. The molecule has 1 unspecified atom stereocenters. The van der Waals surface area contributed by atoms with Crippen LogP contribution in [0.5, 0.6) is 5.75 Å². The molecule has 19 heavy (non-hydrogen) atoms. The molecule has 2 rings (SSSR count). The number of hydrogen-bond donors (Lipinski definition) is 2. The van der Waals surface area contributed by atoms with Gasteiger partial charge in [-0.1, -0.05) is 15.9 Å². The zero-order chi connectivity index (χ0) is 13.8. The molecular weight excluding hydrogens is 308 g/mol. The maximum absolute atomic E-state index is 11.9. The van der Waals surface area contributed by atoms with E-state index >= 15 is 0 Å². The van der Waals surface area contributed by atoms with Crippen molar-refractivity contribution in [2.75, 3.05) is 6.54 Å². The van der Waals surface area contributed by atoms with Crippen molar-refractivity contribution in [3.8, 4) is 5.75 Å². The molecule has 1 atom stereocenters. The number of carbonyl (C=O) groups is 1.